The van der Waals surface area contributed by atoms with Crippen molar-refractivity contribution in [1.82, 2.24) is 0 Å². The van der Waals surface area contributed by atoms with Gasteiger partial charge in [-0.1, -0.05) is 12.1 Å². The lowest BCUT2D eigenvalue weighted by Gasteiger charge is -2.15. The molecule has 14 heavy (non-hydrogen) atoms. The molecule has 1 aliphatic heterocycles. The average molecular weight is 193 g/mol. The van der Waals surface area contributed by atoms with Crippen molar-refractivity contribution >= 4 is 0 Å². The van der Waals surface area contributed by atoms with E-state index in [9.17, 15) is 5.11 Å². The van der Waals surface area contributed by atoms with Gasteiger partial charge in [0.05, 0.1) is 12.7 Å². The van der Waals surface area contributed by atoms with Crippen molar-refractivity contribution < 1.29 is 9.84 Å². The van der Waals surface area contributed by atoms with E-state index in [1.807, 2.05) is 18.2 Å². The molecular formula is C11H15NO2. The molecule has 0 spiro atoms. The summed E-state index contributed by atoms with van der Waals surface area (Å²) in [6, 6.07) is 5.55. The molecule has 1 aromatic rings. The van der Waals surface area contributed by atoms with Crippen LogP contribution in [0.1, 0.15) is 24.2 Å². The standard InChI is InChI=1S/C11H15NO2/c1-7(12)11(13)9-3-2-8-4-5-14-10(8)6-9/h2-3,6-7,11,13H,4-5,12H2,1H3/t7-,11-/m0/s1. The summed E-state index contributed by atoms with van der Waals surface area (Å²) in [6.07, 6.45) is 0.355. The Morgan fingerprint density at radius 2 is 2.29 bits per heavy atom. The summed E-state index contributed by atoms with van der Waals surface area (Å²) in [5.74, 6) is 0.891. The van der Waals surface area contributed by atoms with E-state index in [1.54, 1.807) is 6.92 Å². The highest BCUT2D eigenvalue weighted by Crippen LogP contribution is 2.29. The third kappa shape index (κ3) is 1.61. The van der Waals surface area contributed by atoms with E-state index in [0.29, 0.717) is 0 Å². The van der Waals surface area contributed by atoms with Crippen LogP contribution in [-0.4, -0.2) is 17.8 Å². The summed E-state index contributed by atoms with van der Waals surface area (Å²) in [5, 5.41) is 9.75. The number of aliphatic hydroxyl groups excluding tert-OH is 1. The molecular weight excluding hydrogens is 178 g/mol. The highest BCUT2D eigenvalue weighted by atomic mass is 16.5. The summed E-state index contributed by atoms with van der Waals surface area (Å²) in [6.45, 7) is 2.53. The molecule has 2 atom stereocenters. The Morgan fingerprint density at radius 1 is 1.50 bits per heavy atom. The van der Waals surface area contributed by atoms with Gasteiger partial charge in [0.25, 0.3) is 0 Å². The number of fused-ring (bicyclic) bond motifs is 1. The number of ether oxygens (including phenoxy) is 1. The van der Waals surface area contributed by atoms with Crippen LogP contribution in [0.3, 0.4) is 0 Å². The summed E-state index contributed by atoms with van der Waals surface area (Å²) in [7, 11) is 0. The fourth-order valence-electron chi connectivity index (χ4n) is 1.67. The zero-order chi connectivity index (χ0) is 10.1. The molecule has 76 valence electrons. The molecule has 1 aromatic carbocycles. The highest BCUT2D eigenvalue weighted by Gasteiger charge is 2.17. The van der Waals surface area contributed by atoms with Gasteiger partial charge in [-0.2, -0.15) is 0 Å². The van der Waals surface area contributed by atoms with E-state index >= 15 is 0 Å². The maximum absolute atomic E-state index is 9.75. The molecule has 0 fully saturated rings. The van der Waals surface area contributed by atoms with Crippen LogP contribution in [0.15, 0.2) is 18.2 Å². The van der Waals surface area contributed by atoms with E-state index in [2.05, 4.69) is 0 Å². The van der Waals surface area contributed by atoms with Gasteiger partial charge in [-0.15, -0.1) is 0 Å². The molecule has 3 heteroatoms. The van der Waals surface area contributed by atoms with E-state index < -0.39 is 6.10 Å². The van der Waals surface area contributed by atoms with E-state index in [-0.39, 0.29) is 6.04 Å². The molecule has 1 aliphatic rings. The second-order valence-electron chi connectivity index (χ2n) is 3.77. The Bertz CT molecular complexity index is 336. The lowest BCUT2D eigenvalue weighted by Crippen LogP contribution is -2.24. The van der Waals surface area contributed by atoms with Gasteiger partial charge in [0.1, 0.15) is 5.75 Å². The minimum atomic E-state index is -0.607. The van der Waals surface area contributed by atoms with Gasteiger partial charge >= 0.3 is 0 Å². The maximum atomic E-state index is 9.75. The average Bonchev–Trinajstić information content (AvgIpc) is 2.62. The number of hydrogen-bond donors (Lipinski definition) is 2. The predicted octanol–water partition coefficient (Wildman–Crippen LogP) is 1.00. The van der Waals surface area contributed by atoms with Gasteiger partial charge in [-0.05, 0) is 24.1 Å². The van der Waals surface area contributed by atoms with Crippen LogP contribution in [0.2, 0.25) is 0 Å². The van der Waals surface area contributed by atoms with Crippen LogP contribution in [0.5, 0.6) is 5.75 Å². The molecule has 3 nitrogen and oxygen atoms in total. The van der Waals surface area contributed by atoms with Crippen LogP contribution in [-0.2, 0) is 6.42 Å². The van der Waals surface area contributed by atoms with Gasteiger partial charge in [0.2, 0.25) is 0 Å². The minimum absolute atomic E-state index is 0.255. The number of aliphatic hydroxyl groups is 1. The van der Waals surface area contributed by atoms with Crippen molar-refractivity contribution in [3.05, 3.63) is 29.3 Å². The van der Waals surface area contributed by atoms with E-state index in [1.165, 1.54) is 5.56 Å². The molecule has 0 saturated carbocycles. The fraction of sp³-hybridized carbons (Fsp3) is 0.455. The first-order chi connectivity index (χ1) is 6.68. The second kappa shape index (κ2) is 3.59. The third-order valence-electron chi connectivity index (χ3n) is 2.56. The Balaban J connectivity index is 2.28. The summed E-state index contributed by atoms with van der Waals surface area (Å²) < 4.78 is 5.42. The van der Waals surface area contributed by atoms with Crippen molar-refractivity contribution in [2.75, 3.05) is 6.61 Å². The zero-order valence-corrected chi connectivity index (χ0v) is 8.23. The summed E-state index contributed by atoms with van der Waals surface area (Å²) in [5.41, 5.74) is 7.67. The van der Waals surface area contributed by atoms with Gasteiger partial charge in [0.15, 0.2) is 0 Å². The van der Waals surface area contributed by atoms with Crippen LogP contribution < -0.4 is 10.5 Å². The number of benzene rings is 1. The first-order valence-corrected chi connectivity index (χ1v) is 4.88. The fourth-order valence-corrected chi connectivity index (χ4v) is 1.67. The maximum Gasteiger partial charge on any atom is 0.122 e. The van der Waals surface area contributed by atoms with Crippen LogP contribution in [0, 0.1) is 0 Å². The van der Waals surface area contributed by atoms with Crippen molar-refractivity contribution in [3.8, 4) is 5.75 Å². The lowest BCUT2D eigenvalue weighted by atomic mass is 10.0. The van der Waals surface area contributed by atoms with Crippen molar-refractivity contribution in [2.45, 2.75) is 25.5 Å². The Labute approximate surface area is 83.5 Å². The normalized spacial score (nSPS) is 18.5. The van der Waals surface area contributed by atoms with Crippen LogP contribution in [0.4, 0.5) is 0 Å². The van der Waals surface area contributed by atoms with Gasteiger partial charge in [-0.25, -0.2) is 0 Å². The largest absolute Gasteiger partial charge is 0.493 e. The molecule has 2 rings (SSSR count). The lowest BCUT2D eigenvalue weighted by molar-refractivity contribution is 0.153. The van der Waals surface area contributed by atoms with Gasteiger partial charge in [-0.3, -0.25) is 0 Å². The highest BCUT2D eigenvalue weighted by molar-refractivity contribution is 5.40. The molecule has 1 heterocycles. The zero-order valence-electron chi connectivity index (χ0n) is 8.23. The molecule has 3 N–H and O–H groups in total. The van der Waals surface area contributed by atoms with Crippen LogP contribution in [0.25, 0.3) is 0 Å². The monoisotopic (exact) mass is 193 g/mol. The Kier molecular flexibility index (Phi) is 2.44. The first-order valence-electron chi connectivity index (χ1n) is 4.88. The minimum Gasteiger partial charge on any atom is -0.493 e. The Morgan fingerprint density at radius 3 is 3.00 bits per heavy atom. The third-order valence-corrected chi connectivity index (χ3v) is 2.56. The quantitative estimate of drug-likeness (QED) is 0.736. The number of rotatable bonds is 2. The molecule has 0 radical (unpaired) electrons. The number of nitrogens with two attached hydrogens (primary N) is 1. The van der Waals surface area contributed by atoms with Gasteiger partial charge in [0, 0.05) is 12.5 Å². The topological polar surface area (TPSA) is 55.5 Å². The Hall–Kier alpha value is -1.06. The molecule has 0 aliphatic carbocycles. The second-order valence-corrected chi connectivity index (χ2v) is 3.77. The molecule has 0 amide bonds. The molecule has 0 saturated heterocycles. The number of hydrogen-bond acceptors (Lipinski definition) is 3. The predicted molar refractivity (Wildman–Crippen MR) is 54.3 cm³/mol. The van der Waals surface area contributed by atoms with E-state index in [0.717, 1.165) is 24.3 Å². The van der Waals surface area contributed by atoms with Crippen molar-refractivity contribution in [3.63, 3.8) is 0 Å². The van der Waals surface area contributed by atoms with Crippen molar-refractivity contribution in [2.24, 2.45) is 5.73 Å². The summed E-state index contributed by atoms with van der Waals surface area (Å²) in [4.78, 5) is 0. The first kappa shape index (κ1) is 9.49. The van der Waals surface area contributed by atoms with Crippen LogP contribution >= 0.6 is 0 Å². The smallest absolute Gasteiger partial charge is 0.122 e. The summed E-state index contributed by atoms with van der Waals surface area (Å²) >= 11 is 0. The SMILES string of the molecule is C[C@H](N)[C@H](O)c1ccc2c(c1)OCC2. The van der Waals surface area contributed by atoms with Crippen molar-refractivity contribution in [1.29, 1.82) is 0 Å². The van der Waals surface area contributed by atoms with Gasteiger partial charge < -0.3 is 15.6 Å². The molecule has 0 unspecified atom stereocenters. The molecule has 0 bridgehead atoms. The van der Waals surface area contributed by atoms with E-state index in [4.69, 9.17) is 10.5 Å². The molecule has 0 aromatic heterocycles.